The largest absolute Gasteiger partial charge is 0.497 e. The van der Waals surface area contributed by atoms with Gasteiger partial charge in [0.15, 0.2) is 6.04 Å². The third kappa shape index (κ3) is 5.61. The summed E-state index contributed by atoms with van der Waals surface area (Å²) in [6, 6.07) is 18.2. The van der Waals surface area contributed by atoms with Gasteiger partial charge in [-0.3, -0.25) is 4.79 Å². The van der Waals surface area contributed by atoms with Crippen LogP contribution in [0.3, 0.4) is 0 Å². The molecule has 2 aromatic rings. The molecule has 25 heavy (non-hydrogen) atoms. The van der Waals surface area contributed by atoms with Crippen LogP contribution in [0.5, 0.6) is 5.75 Å². The fourth-order valence-electron chi connectivity index (χ4n) is 2.89. The Labute approximate surface area is 150 Å². The van der Waals surface area contributed by atoms with E-state index in [1.807, 2.05) is 49.4 Å². The van der Waals surface area contributed by atoms with Gasteiger partial charge in [0.2, 0.25) is 0 Å². The molecular formula is C21H29N2O2+. The maximum Gasteiger partial charge on any atom is 0.278 e. The average Bonchev–Trinajstić information content (AvgIpc) is 2.64. The molecule has 0 fully saturated rings. The number of ether oxygens (including phenoxy) is 1. The lowest BCUT2D eigenvalue weighted by atomic mass is 9.95. The van der Waals surface area contributed by atoms with E-state index >= 15 is 0 Å². The highest BCUT2D eigenvalue weighted by atomic mass is 16.5. The summed E-state index contributed by atoms with van der Waals surface area (Å²) < 4.78 is 5.15. The van der Waals surface area contributed by atoms with Crippen molar-refractivity contribution in [1.82, 2.24) is 5.32 Å². The molecule has 2 atom stereocenters. The van der Waals surface area contributed by atoms with Gasteiger partial charge in [0.05, 0.1) is 7.11 Å². The number of carbonyl (C=O) groups excluding carboxylic acids is 1. The van der Waals surface area contributed by atoms with Gasteiger partial charge in [-0.25, -0.2) is 0 Å². The Morgan fingerprint density at radius 3 is 2.24 bits per heavy atom. The highest BCUT2D eigenvalue weighted by Gasteiger charge is 2.25. The summed E-state index contributed by atoms with van der Waals surface area (Å²) in [6.45, 7) is 6.87. The summed E-state index contributed by atoms with van der Waals surface area (Å²) in [5, 5.41) is 5.18. The second-order valence-electron chi connectivity index (χ2n) is 6.73. The Balaban J connectivity index is 1.91. The Hall–Kier alpha value is -2.33. The molecule has 0 saturated heterocycles. The van der Waals surface area contributed by atoms with Crippen molar-refractivity contribution in [3.05, 3.63) is 65.7 Å². The van der Waals surface area contributed by atoms with Gasteiger partial charge in [0.25, 0.3) is 5.91 Å². The molecule has 0 heterocycles. The van der Waals surface area contributed by atoms with Crippen LogP contribution in [0.4, 0.5) is 0 Å². The van der Waals surface area contributed by atoms with Crippen LogP contribution in [0, 0.1) is 5.92 Å². The number of hydrogen-bond donors (Lipinski definition) is 2. The summed E-state index contributed by atoms with van der Waals surface area (Å²) in [4.78, 5) is 12.5. The molecule has 2 rings (SSSR count). The van der Waals surface area contributed by atoms with Crippen molar-refractivity contribution in [2.45, 2.75) is 39.4 Å². The number of amides is 1. The molecule has 0 bridgehead atoms. The van der Waals surface area contributed by atoms with Crippen LogP contribution in [-0.2, 0) is 11.3 Å². The molecule has 0 saturated carbocycles. The van der Waals surface area contributed by atoms with E-state index in [1.165, 1.54) is 5.56 Å². The number of rotatable bonds is 8. The van der Waals surface area contributed by atoms with Gasteiger partial charge in [-0.2, -0.15) is 0 Å². The summed E-state index contributed by atoms with van der Waals surface area (Å²) in [5.41, 5.74) is 2.32. The third-order valence-electron chi connectivity index (χ3n) is 4.44. The van der Waals surface area contributed by atoms with E-state index in [4.69, 9.17) is 4.74 Å². The highest BCUT2D eigenvalue weighted by Crippen LogP contribution is 2.17. The number of nitrogens with one attached hydrogen (secondary N) is 1. The van der Waals surface area contributed by atoms with Crippen molar-refractivity contribution in [2.24, 2.45) is 5.92 Å². The molecule has 0 aromatic heterocycles. The number of methoxy groups -OCH3 is 1. The molecule has 134 valence electrons. The number of hydrogen-bond acceptors (Lipinski definition) is 2. The smallest absolute Gasteiger partial charge is 0.278 e. The summed E-state index contributed by atoms with van der Waals surface area (Å²) in [7, 11) is 1.65. The minimum absolute atomic E-state index is 0.0531. The normalized spacial score (nSPS) is 13.3. The molecule has 2 aromatic carbocycles. The zero-order valence-corrected chi connectivity index (χ0v) is 15.5. The quantitative estimate of drug-likeness (QED) is 0.775. The molecule has 0 aliphatic heterocycles. The van der Waals surface area contributed by atoms with Crippen LogP contribution in [0.15, 0.2) is 54.6 Å². The monoisotopic (exact) mass is 341 g/mol. The fraction of sp³-hybridized carbons (Fsp3) is 0.381. The zero-order valence-electron chi connectivity index (χ0n) is 15.5. The summed E-state index contributed by atoms with van der Waals surface area (Å²) in [5.74, 6) is 1.32. The zero-order chi connectivity index (χ0) is 18.2. The SMILES string of the molecule is COc1ccc(CNC(=O)[C@H](C)[NH2+][C@H](c2ccccc2)C(C)C)cc1. The lowest BCUT2D eigenvalue weighted by Gasteiger charge is -2.23. The maximum atomic E-state index is 12.5. The first-order valence-corrected chi connectivity index (χ1v) is 8.82. The molecule has 1 amide bonds. The molecule has 4 heteroatoms. The predicted molar refractivity (Wildman–Crippen MR) is 100 cm³/mol. The fourth-order valence-corrected chi connectivity index (χ4v) is 2.89. The van der Waals surface area contributed by atoms with E-state index in [1.54, 1.807) is 7.11 Å². The van der Waals surface area contributed by atoms with Gasteiger partial charge in [-0.1, -0.05) is 56.3 Å². The van der Waals surface area contributed by atoms with Crippen LogP contribution < -0.4 is 15.4 Å². The highest BCUT2D eigenvalue weighted by molar-refractivity contribution is 5.79. The van der Waals surface area contributed by atoms with E-state index in [9.17, 15) is 4.79 Å². The van der Waals surface area contributed by atoms with E-state index in [0.29, 0.717) is 12.5 Å². The van der Waals surface area contributed by atoms with E-state index in [-0.39, 0.29) is 18.0 Å². The minimum atomic E-state index is -0.147. The van der Waals surface area contributed by atoms with Crippen LogP contribution in [0.25, 0.3) is 0 Å². The van der Waals surface area contributed by atoms with E-state index < -0.39 is 0 Å². The number of benzene rings is 2. The first kappa shape index (κ1) is 19.0. The average molecular weight is 341 g/mol. The first-order chi connectivity index (χ1) is 12.0. The molecule has 0 aliphatic rings. The topological polar surface area (TPSA) is 54.9 Å². The van der Waals surface area contributed by atoms with Crippen molar-refractivity contribution in [1.29, 1.82) is 0 Å². The van der Waals surface area contributed by atoms with Gasteiger partial charge in [0, 0.05) is 18.0 Å². The van der Waals surface area contributed by atoms with Crippen molar-refractivity contribution < 1.29 is 14.8 Å². The van der Waals surface area contributed by atoms with Crippen molar-refractivity contribution in [2.75, 3.05) is 7.11 Å². The second-order valence-corrected chi connectivity index (χ2v) is 6.73. The van der Waals surface area contributed by atoms with Crippen molar-refractivity contribution in [3.63, 3.8) is 0 Å². The van der Waals surface area contributed by atoms with Gasteiger partial charge >= 0.3 is 0 Å². The maximum absolute atomic E-state index is 12.5. The van der Waals surface area contributed by atoms with Crippen LogP contribution in [0.1, 0.15) is 37.9 Å². The van der Waals surface area contributed by atoms with E-state index in [2.05, 4.69) is 36.6 Å². The van der Waals surface area contributed by atoms with Crippen LogP contribution in [0.2, 0.25) is 0 Å². The van der Waals surface area contributed by atoms with Crippen LogP contribution >= 0.6 is 0 Å². The third-order valence-corrected chi connectivity index (χ3v) is 4.44. The Kier molecular flexibility index (Phi) is 7.02. The van der Waals surface area contributed by atoms with Gasteiger partial charge in [-0.05, 0) is 24.6 Å². The standard InChI is InChI=1S/C21H28N2O2/c1-15(2)20(18-8-6-5-7-9-18)23-16(3)21(24)22-14-17-10-12-19(25-4)13-11-17/h5-13,15-16,20,23H,14H2,1-4H3,(H,22,24)/p+1/t16-,20-/m0/s1. The van der Waals surface area contributed by atoms with Gasteiger partial charge < -0.3 is 15.4 Å². The van der Waals surface area contributed by atoms with Crippen molar-refractivity contribution in [3.8, 4) is 5.75 Å². The lowest BCUT2D eigenvalue weighted by molar-refractivity contribution is -0.719. The first-order valence-electron chi connectivity index (χ1n) is 8.82. The van der Waals surface area contributed by atoms with Gasteiger partial charge in [-0.15, -0.1) is 0 Å². The molecule has 0 radical (unpaired) electrons. The molecule has 0 spiro atoms. The second kappa shape index (κ2) is 9.23. The predicted octanol–water partition coefficient (Wildman–Crippen LogP) is 2.66. The molecule has 3 N–H and O–H groups in total. The lowest BCUT2D eigenvalue weighted by Crippen LogP contribution is -2.93. The Morgan fingerprint density at radius 2 is 1.68 bits per heavy atom. The molecular weight excluding hydrogens is 312 g/mol. The number of nitrogens with two attached hydrogens (primary N) is 1. The minimum Gasteiger partial charge on any atom is -0.497 e. The molecule has 0 aliphatic carbocycles. The number of quaternary nitrogens is 1. The molecule has 4 nitrogen and oxygen atoms in total. The number of carbonyl (C=O) groups is 1. The van der Waals surface area contributed by atoms with E-state index in [0.717, 1.165) is 11.3 Å². The summed E-state index contributed by atoms with van der Waals surface area (Å²) in [6.07, 6.45) is 0. The van der Waals surface area contributed by atoms with Gasteiger partial charge in [0.1, 0.15) is 11.8 Å². The molecule has 0 unspecified atom stereocenters. The Morgan fingerprint density at radius 1 is 1.04 bits per heavy atom. The van der Waals surface area contributed by atoms with Crippen LogP contribution in [-0.4, -0.2) is 19.1 Å². The van der Waals surface area contributed by atoms with Crippen molar-refractivity contribution >= 4 is 5.91 Å². The Bertz CT molecular complexity index is 653. The summed E-state index contributed by atoms with van der Waals surface area (Å²) >= 11 is 0.